The molecule has 1 aliphatic carbocycles. The first-order valence-electron chi connectivity index (χ1n) is 4.47. The summed E-state index contributed by atoms with van der Waals surface area (Å²) in [7, 11) is 0. The van der Waals surface area contributed by atoms with E-state index >= 15 is 0 Å². The Kier molecular flexibility index (Phi) is 5.50. The molecule has 4 N–H and O–H groups in total. The monoisotopic (exact) mass is 187 g/mol. The van der Waals surface area contributed by atoms with Crippen LogP contribution in [0, 0.1) is 11.8 Å². The molecule has 4 nitrogen and oxygen atoms in total. The summed E-state index contributed by atoms with van der Waals surface area (Å²) in [5.41, 5.74) is 5.50. The van der Waals surface area contributed by atoms with Crippen molar-refractivity contribution in [3.05, 3.63) is 0 Å². The van der Waals surface area contributed by atoms with Gasteiger partial charge in [-0.05, 0) is 38.1 Å². The van der Waals surface area contributed by atoms with E-state index in [9.17, 15) is 9.59 Å². The summed E-state index contributed by atoms with van der Waals surface area (Å²) in [5.74, 6) is 0.330. The smallest absolute Gasteiger partial charge is 0.198 e. The van der Waals surface area contributed by atoms with Gasteiger partial charge in [0, 0.05) is 5.92 Å². The van der Waals surface area contributed by atoms with E-state index in [0.29, 0.717) is 18.7 Å². The first-order chi connectivity index (χ1) is 5.77. The van der Waals surface area contributed by atoms with Gasteiger partial charge in [0.25, 0.3) is 0 Å². The van der Waals surface area contributed by atoms with Gasteiger partial charge in [-0.15, -0.1) is 0 Å². The van der Waals surface area contributed by atoms with Gasteiger partial charge >= 0.3 is 0 Å². The van der Waals surface area contributed by atoms with Crippen molar-refractivity contribution in [3.63, 3.8) is 0 Å². The van der Waals surface area contributed by atoms with Crippen LogP contribution in [0.1, 0.15) is 25.7 Å². The lowest BCUT2D eigenvalue weighted by atomic mass is 9.80. The molecule has 1 fully saturated rings. The maximum absolute atomic E-state index is 11.0. The summed E-state index contributed by atoms with van der Waals surface area (Å²) >= 11 is 0. The largest absolute Gasteiger partial charge is 0.412 e. The zero-order valence-electron chi connectivity index (χ0n) is 7.66. The highest BCUT2D eigenvalue weighted by atomic mass is 16.2. The number of hydrogen-bond acceptors (Lipinski definition) is 3. The minimum atomic E-state index is -0.231. The molecule has 0 atom stereocenters. The van der Waals surface area contributed by atoms with E-state index in [4.69, 9.17) is 5.73 Å². The number of rotatable bonds is 3. The van der Waals surface area contributed by atoms with Crippen LogP contribution >= 0.6 is 0 Å². The van der Waals surface area contributed by atoms with Gasteiger partial charge < -0.3 is 11.2 Å². The second-order valence-electron chi connectivity index (χ2n) is 3.47. The van der Waals surface area contributed by atoms with Gasteiger partial charge in [0.05, 0.1) is 0 Å². The van der Waals surface area contributed by atoms with Gasteiger partial charge in [-0.1, -0.05) is 0 Å². The quantitative estimate of drug-likeness (QED) is 0.485. The van der Waals surface area contributed by atoms with Crippen molar-refractivity contribution in [1.82, 2.24) is 0 Å². The van der Waals surface area contributed by atoms with Crippen LogP contribution in [-0.4, -0.2) is 24.1 Å². The van der Waals surface area contributed by atoms with Crippen molar-refractivity contribution < 1.29 is 15.1 Å². The Morgan fingerprint density at radius 3 is 2.23 bits per heavy atom. The maximum atomic E-state index is 11.0. The van der Waals surface area contributed by atoms with Crippen LogP contribution in [0.4, 0.5) is 0 Å². The molecule has 0 bridgehead atoms. The summed E-state index contributed by atoms with van der Waals surface area (Å²) in [6.07, 6.45) is 4.15. The third kappa shape index (κ3) is 3.24. The van der Waals surface area contributed by atoms with Crippen LogP contribution in [-0.2, 0) is 9.59 Å². The Morgan fingerprint density at radius 1 is 1.31 bits per heavy atom. The van der Waals surface area contributed by atoms with Gasteiger partial charge in [-0.3, -0.25) is 9.59 Å². The molecule has 4 heteroatoms. The summed E-state index contributed by atoms with van der Waals surface area (Å²) in [6, 6.07) is 0. The number of Topliss-reactive ketones (excluding diaryl/α,β-unsaturated/α-hetero) is 1. The van der Waals surface area contributed by atoms with Crippen LogP contribution in [0.15, 0.2) is 0 Å². The molecule has 0 radical (unpaired) electrons. The molecule has 0 saturated heterocycles. The molecule has 76 valence electrons. The summed E-state index contributed by atoms with van der Waals surface area (Å²) < 4.78 is 0. The Balaban J connectivity index is 0.00000144. The summed E-state index contributed by atoms with van der Waals surface area (Å²) in [5, 5.41) is 0. The fourth-order valence-electron chi connectivity index (χ4n) is 1.78. The van der Waals surface area contributed by atoms with Crippen molar-refractivity contribution in [1.29, 1.82) is 0 Å². The van der Waals surface area contributed by atoms with Gasteiger partial charge in [-0.25, -0.2) is 0 Å². The Hall–Kier alpha value is -0.740. The van der Waals surface area contributed by atoms with E-state index in [1.165, 1.54) is 0 Å². The predicted octanol–water partition coefficient (Wildman–Crippen LogP) is -0.305. The van der Waals surface area contributed by atoms with Crippen molar-refractivity contribution in [2.24, 2.45) is 17.6 Å². The fourth-order valence-corrected chi connectivity index (χ4v) is 1.78. The van der Waals surface area contributed by atoms with Gasteiger partial charge in [0.2, 0.25) is 0 Å². The van der Waals surface area contributed by atoms with E-state index in [0.717, 1.165) is 25.7 Å². The third-order valence-corrected chi connectivity index (χ3v) is 2.70. The normalized spacial score (nSPS) is 27.5. The molecule has 0 unspecified atom stereocenters. The zero-order chi connectivity index (χ0) is 8.97. The van der Waals surface area contributed by atoms with E-state index < -0.39 is 0 Å². The maximum Gasteiger partial charge on any atom is 0.198 e. The van der Waals surface area contributed by atoms with Crippen molar-refractivity contribution in [3.8, 4) is 0 Å². The van der Waals surface area contributed by atoms with Crippen molar-refractivity contribution in [2.45, 2.75) is 25.7 Å². The van der Waals surface area contributed by atoms with E-state index in [2.05, 4.69) is 0 Å². The molecule has 0 aromatic rings. The molecule has 0 aliphatic heterocycles. The lowest BCUT2D eigenvalue weighted by Crippen LogP contribution is -2.26. The van der Waals surface area contributed by atoms with Crippen molar-refractivity contribution in [2.75, 3.05) is 6.54 Å². The zero-order valence-corrected chi connectivity index (χ0v) is 7.66. The third-order valence-electron chi connectivity index (χ3n) is 2.70. The molecule has 1 saturated carbocycles. The van der Waals surface area contributed by atoms with E-state index in [-0.39, 0.29) is 17.2 Å². The molecular weight excluding hydrogens is 170 g/mol. The number of nitrogens with two attached hydrogens (primary N) is 1. The molecule has 0 amide bonds. The Morgan fingerprint density at radius 2 is 1.85 bits per heavy atom. The topological polar surface area (TPSA) is 91.7 Å². The van der Waals surface area contributed by atoms with Gasteiger partial charge in [0.1, 0.15) is 0 Å². The molecular formula is C9H17NO3. The van der Waals surface area contributed by atoms with Crippen LogP contribution in [0.3, 0.4) is 0 Å². The van der Waals surface area contributed by atoms with Crippen LogP contribution in [0.2, 0.25) is 0 Å². The molecule has 0 aromatic heterocycles. The molecule has 13 heavy (non-hydrogen) atoms. The van der Waals surface area contributed by atoms with E-state index in [1.807, 2.05) is 0 Å². The molecule has 0 heterocycles. The standard InChI is InChI=1S/C9H15NO2.H2O/c10-5-7-1-3-8(4-2-7)9(12)6-11;/h6-8H,1-5,10H2;1H2/t7-,8-;. The highest BCUT2D eigenvalue weighted by molar-refractivity contribution is 6.25. The Bertz CT molecular complexity index is 174. The predicted molar refractivity (Wildman–Crippen MR) is 49.2 cm³/mol. The average Bonchev–Trinajstić information content (AvgIpc) is 2.17. The lowest BCUT2D eigenvalue weighted by molar-refractivity contribution is -0.133. The fraction of sp³-hybridized carbons (Fsp3) is 0.778. The highest BCUT2D eigenvalue weighted by Crippen LogP contribution is 2.28. The Labute approximate surface area is 77.8 Å². The van der Waals surface area contributed by atoms with Gasteiger partial charge in [-0.2, -0.15) is 0 Å². The minimum Gasteiger partial charge on any atom is -0.412 e. The average molecular weight is 187 g/mol. The van der Waals surface area contributed by atoms with Crippen LogP contribution in [0.5, 0.6) is 0 Å². The number of hydrogen-bond donors (Lipinski definition) is 1. The van der Waals surface area contributed by atoms with E-state index in [1.54, 1.807) is 0 Å². The van der Waals surface area contributed by atoms with Crippen LogP contribution in [0.25, 0.3) is 0 Å². The number of carbonyl (C=O) groups excluding carboxylic acids is 2. The van der Waals surface area contributed by atoms with Gasteiger partial charge in [0.15, 0.2) is 12.1 Å². The first-order valence-corrected chi connectivity index (χ1v) is 4.47. The number of aldehydes is 1. The summed E-state index contributed by atoms with van der Waals surface area (Å²) in [6.45, 7) is 0.710. The lowest BCUT2D eigenvalue weighted by Gasteiger charge is -2.25. The number of ketones is 1. The number of carbonyl (C=O) groups is 2. The first kappa shape index (κ1) is 12.3. The highest BCUT2D eigenvalue weighted by Gasteiger charge is 2.24. The molecule has 1 aliphatic rings. The molecule has 1 rings (SSSR count). The molecule has 0 spiro atoms. The minimum absolute atomic E-state index is 0. The second-order valence-corrected chi connectivity index (χ2v) is 3.47. The summed E-state index contributed by atoms with van der Waals surface area (Å²) in [4.78, 5) is 21.1. The second kappa shape index (κ2) is 5.83. The molecule has 0 aromatic carbocycles. The van der Waals surface area contributed by atoms with Crippen molar-refractivity contribution >= 4 is 12.1 Å². The SMILES string of the molecule is NC[C@H]1CC[C@H](C(=O)C=O)CC1.O. The van der Waals surface area contributed by atoms with Crippen LogP contribution < -0.4 is 5.73 Å².